The first kappa shape index (κ1) is 12.4. The number of halogens is 1. The van der Waals surface area contributed by atoms with E-state index in [0.29, 0.717) is 24.7 Å². The summed E-state index contributed by atoms with van der Waals surface area (Å²) in [6, 6.07) is 6.04. The molecular weight excluding hydrogens is 266 g/mol. The molecule has 6 heteroatoms. The summed E-state index contributed by atoms with van der Waals surface area (Å²) in [4.78, 5) is 14.9. The van der Waals surface area contributed by atoms with E-state index in [1.807, 2.05) is 18.2 Å². The highest BCUT2D eigenvalue weighted by molar-refractivity contribution is 6.31. The fourth-order valence-corrected chi connectivity index (χ4v) is 3.02. The van der Waals surface area contributed by atoms with Gasteiger partial charge in [-0.2, -0.15) is 0 Å². The quantitative estimate of drug-likeness (QED) is 0.766. The second-order valence-electron chi connectivity index (χ2n) is 4.95. The third-order valence-electron chi connectivity index (χ3n) is 3.82. The molecule has 0 spiro atoms. The van der Waals surface area contributed by atoms with Gasteiger partial charge >= 0.3 is 6.09 Å². The summed E-state index contributed by atoms with van der Waals surface area (Å²) in [6.45, 7) is 2.66. The summed E-state index contributed by atoms with van der Waals surface area (Å²) >= 11 is 6.08. The average molecular weight is 282 g/mol. The molecule has 1 aromatic rings. The zero-order valence-electron chi connectivity index (χ0n) is 10.5. The summed E-state index contributed by atoms with van der Waals surface area (Å²) in [6.07, 6.45) is 0.0963. The molecule has 19 heavy (non-hydrogen) atoms. The van der Waals surface area contributed by atoms with E-state index in [2.05, 4.69) is 10.2 Å². The molecule has 2 aliphatic heterocycles. The number of fused-ring (bicyclic) bond motifs is 3. The molecule has 2 aliphatic rings. The molecule has 1 unspecified atom stereocenters. The van der Waals surface area contributed by atoms with Gasteiger partial charge in [0, 0.05) is 37.2 Å². The van der Waals surface area contributed by atoms with Crippen molar-refractivity contribution in [3.8, 4) is 0 Å². The van der Waals surface area contributed by atoms with Crippen LogP contribution in [0.25, 0.3) is 0 Å². The molecule has 2 N–H and O–H groups in total. The normalized spacial score (nSPS) is 22.1. The number of hydrogen-bond acceptors (Lipinski definition) is 3. The van der Waals surface area contributed by atoms with Crippen LogP contribution < -0.4 is 10.2 Å². The number of hydrogen-bond donors (Lipinski definition) is 2. The van der Waals surface area contributed by atoms with Crippen LogP contribution in [-0.4, -0.2) is 48.3 Å². The van der Waals surface area contributed by atoms with Crippen molar-refractivity contribution in [2.75, 3.05) is 36.4 Å². The first-order valence-corrected chi connectivity index (χ1v) is 6.81. The largest absolute Gasteiger partial charge is 0.465 e. The van der Waals surface area contributed by atoms with Gasteiger partial charge < -0.3 is 20.2 Å². The average Bonchev–Trinajstić information content (AvgIpc) is 2.57. The van der Waals surface area contributed by atoms with Crippen molar-refractivity contribution >= 4 is 29.1 Å². The lowest BCUT2D eigenvalue weighted by Crippen LogP contribution is -2.54. The van der Waals surface area contributed by atoms with Gasteiger partial charge in [0.15, 0.2) is 0 Å². The van der Waals surface area contributed by atoms with Gasteiger partial charge in [0.05, 0.1) is 11.4 Å². The first-order chi connectivity index (χ1) is 9.15. The first-order valence-electron chi connectivity index (χ1n) is 6.43. The molecule has 1 aromatic carbocycles. The zero-order valence-corrected chi connectivity index (χ0v) is 11.2. The van der Waals surface area contributed by atoms with Gasteiger partial charge in [-0.05, 0) is 24.6 Å². The molecule has 3 rings (SSSR count). The minimum absolute atomic E-state index is 0.220. The standard InChI is InChI=1S/C13H16ClN3O2/c14-9-1-2-11-12(7-9)17-6-5-16(13(18)19)8-10(17)3-4-15-11/h1-2,7,10,15H,3-6,8H2,(H,18,19). The number of nitrogens with one attached hydrogen (secondary N) is 1. The highest BCUT2D eigenvalue weighted by Crippen LogP contribution is 2.34. The van der Waals surface area contributed by atoms with Crippen molar-refractivity contribution in [3.63, 3.8) is 0 Å². The zero-order chi connectivity index (χ0) is 13.4. The summed E-state index contributed by atoms with van der Waals surface area (Å²) < 4.78 is 0. The Morgan fingerprint density at radius 2 is 2.26 bits per heavy atom. The number of carbonyl (C=O) groups is 1. The Hall–Kier alpha value is -1.62. The fraction of sp³-hybridized carbons (Fsp3) is 0.462. The number of anilines is 2. The van der Waals surface area contributed by atoms with Gasteiger partial charge in [-0.3, -0.25) is 0 Å². The van der Waals surface area contributed by atoms with Crippen LogP contribution in [0.5, 0.6) is 0 Å². The van der Waals surface area contributed by atoms with Gasteiger partial charge in [0.25, 0.3) is 0 Å². The van der Waals surface area contributed by atoms with Crippen molar-refractivity contribution in [1.29, 1.82) is 0 Å². The van der Waals surface area contributed by atoms with E-state index in [4.69, 9.17) is 16.7 Å². The maximum absolute atomic E-state index is 11.1. The molecule has 1 fully saturated rings. The van der Waals surface area contributed by atoms with E-state index >= 15 is 0 Å². The molecule has 2 heterocycles. The number of rotatable bonds is 0. The minimum Gasteiger partial charge on any atom is -0.465 e. The Kier molecular flexibility index (Phi) is 3.14. The summed E-state index contributed by atoms with van der Waals surface area (Å²) in [5, 5.41) is 13.2. The molecule has 0 aliphatic carbocycles. The number of amides is 1. The molecule has 0 radical (unpaired) electrons. The molecule has 1 atom stereocenters. The van der Waals surface area contributed by atoms with Crippen molar-refractivity contribution in [2.24, 2.45) is 0 Å². The van der Waals surface area contributed by atoms with Crippen LogP contribution in [0.4, 0.5) is 16.2 Å². The van der Waals surface area contributed by atoms with Crippen LogP contribution in [0.15, 0.2) is 18.2 Å². The van der Waals surface area contributed by atoms with Crippen molar-refractivity contribution in [3.05, 3.63) is 23.2 Å². The summed E-state index contributed by atoms with van der Waals surface area (Å²) in [7, 11) is 0. The minimum atomic E-state index is -0.830. The number of nitrogens with zero attached hydrogens (tertiary/aromatic N) is 2. The van der Waals surface area contributed by atoms with Gasteiger partial charge in [-0.1, -0.05) is 11.6 Å². The van der Waals surface area contributed by atoms with Crippen molar-refractivity contribution in [2.45, 2.75) is 12.5 Å². The van der Waals surface area contributed by atoms with E-state index < -0.39 is 6.09 Å². The topological polar surface area (TPSA) is 55.8 Å². The predicted octanol–water partition coefficient (Wildman–Crippen LogP) is 2.32. The van der Waals surface area contributed by atoms with Gasteiger partial charge in [-0.15, -0.1) is 0 Å². The smallest absolute Gasteiger partial charge is 0.407 e. The lowest BCUT2D eigenvalue weighted by atomic mass is 10.1. The van der Waals surface area contributed by atoms with E-state index in [1.165, 1.54) is 4.90 Å². The summed E-state index contributed by atoms with van der Waals surface area (Å²) in [5.74, 6) is 0. The van der Waals surface area contributed by atoms with E-state index in [9.17, 15) is 4.79 Å². The van der Waals surface area contributed by atoms with Crippen molar-refractivity contribution < 1.29 is 9.90 Å². The van der Waals surface area contributed by atoms with Crippen LogP contribution >= 0.6 is 11.6 Å². The molecule has 102 valence electrons. The lowest BCUT2D eigenvalue weighted by molar-refractivity contribution is 0.134. The van der Waals surface area contributed by atoms with Crippen molar-refractivity contribution in [1.82, 2.24) is 4.90 Å². The van der Waals surface area contributed by atoms with Crippen LogP contribution in [0.1, 0.15) is 6.42 Å². The third-order valence-corrected chi connectivity index (χ3v) is 4.05. The van der Waals surface area contributed by atoms with Gasteiger partial charge in [-0.25, -0.2) is 4.79 Å². The maximum Gasteiger partial charge on any atom is 0.407 e. The summed E-state index contributed by atoms with van der Waals surface area (Å²) in [5.41, 5.74) is 2.16. The Balaban J connectivity index is 1.91. The van der Waals surface area contributed by atoms with Gasteiger partial charge in [0.2, 0.25) is 0 Å². The van der Waals surface area contributed by atoms with E-state index in [1.54, 1.807) is 0 Å². The van der Waals surface area contributed by atoms with E-state index in [0.717, 1.165) is 24.3 Å². The highest BCUT2D eigenvalue weighted by atomic mass is 35.5. The fourth-order valence-electron chi connectivity index (χ4n) is 2.86. The van der Waals surface area contributed by atoms with Crippen LogP contribution in [0, 0.1) is 0 Å². The monoisotopic (exact) mass is 281 g/mol. The Labute approximate surface area is 116 Å². The molecule has 0 aromatic heterocycles. The molecule has 5 nitrogen and oxygen atoms in total. The SMILES string of the molecule is O=C(O)N1CCN2c3cc(Cl)ccc3NCCC2C1. The number of piperazine rings is 1. The lowest BCUT2D eigenvalue weighted by Gasteiger charge is -2.41. The number of carboxylic acid groups (broad SMARTS) is 1. The Morgan fingerprint density at radius 1 is 1.42 bits per heavy atom. The molecule has 0 saturated carbocycles. The highest BCUT2D eigenvalue weighted by Gasteiger charge is 2.32. The number of benzene rings is 1. The molecule has 1 amide bonds. The molecule has 1 saturated heterocycles. The maximum atomic E-state index is 11.1. The predicted molar refractivity (Wildman–Crippen MR) is 75.3 cm³/mol. The Morgan fingerprint density at radius 3 is 3.05 bits per heavy atom. The Bertz CT molecular complexity index is 509. The third kappa shape index (κ3) is 2.30. The van der Waals surface area contributed by atoms with E-state index in [-0.39, 0.29) is 6.04 Å². The molecular formula is C13H16ClN3O2. The second kappa shape index (κ2) is 4.81. The van der Waals surface area contributed by atoms with Crippen LogP contribution in [0.2, 0.25) is 5.02 Å². The van der Waals surface area contributed by atoms with Crippen LogP contribution in [0.3, 0.4) is 0 Å². The second-order valence-corrected chi connectivity index (χ2v) is 5.39. The molecule has 0 bridgehead atoms. The van der Waals surface area contributed by atoms with Gasteiger partial charge in [0.1, 0.15) is 0 Å². The van der Waals surface area contributed by atoms with Crippen LogP contribution in [-0.2, 0) is 0 Å².